The highest BCUT2D eigenvalue weighted by Gasteiger charge is 2.26. The van der Waals surface area contributed by atoms with Gasteiger partial charge in [0.2, 0.25) is 0 Å². The average Bonchev–Trinajstić information content (AvgIpc) is 2.85. The predicted molar refractivity (Wildman–Crippen MR) is 80.2 cm³/mol. The predicted octanol–water partition coefficient (Wildman–Crippen LogP) is 3.71. The molecule has 1 N–H and O–H groups in total. The van der Waals surface area contributed by atoms with Crippen LogP contribution in [0.1, 0.15) is 6.42 Å². The Labute approximate surface area is 122 Å². The molecule has 18 heavy (non-hydrogen) atoms. The van der Waals surface area contributed by atoms with Crippen molar-refractivity contribution in [3.63, 3.8) is 0 Å². The summed E-state index contributed by atoms with van der Waals surface area (Å²) >= 11 is 13.8. The van der Waals surface area contributed by atoms with Crippen molar-refractivity contribution in [2.24, 2.45) is 5.92 Å². The maximum Gasteiger partial charge on any atom is 0.138 e. The minimum atomic E-state index is 0.202. The lowest BCUT2D eigenvalue weighted by Crippen LogP contribution is -2.31. The van der Waals surface area contributed by atoms with E-state index in [0.29, 0.717) is 16.0 Å². The van der Waals surface area contributed by atoms with Crippen LogP contribution in [-0.2, 0) is 0 Å². The first-order valence-corrected chi connectivity index (χ1v) is 8.17. The van der Waals surface area contributed by atoms with Gasteiger partial charge in [-0.2, -0.15) is 11.8 Å². The van der Waals surface area contributed by atoms with Crippen LogP contribution in [0, 0.1) is 5.92 Å². The van der Waals surface area contributed by atoms with Crippen LogP contribution < -0.4 is 10.1 Å². The summed E-state index contributed by atoms with van der Waals surface area (Å²) in [5.74, 6) is 2.27. The molecule has 2 rings (SSSR count). The lowest BCUT2D eigenvalue weighted by atomic mass is 10.0. The lowest BCUT2D eigenvalue weighted by molar-refractivity contribution is 0.166. The molecule has 1 aliphatic rings. The molecule has 0 saturated carbocycles. The highest BCUT2D eigenvalue weighted by atomic mass is 35.5. The van der Waals surface area contributed by atoms with Gasteiger partial charge in [0.15, 0.2) is 0 Å². The van der Waals surface area contributed by atoms with Gasteiger partial charge in [-0.25, -0.2) is 0 Å². The summed E-state index contributed by atoms with van der Waals surface area (Å²) in [6, 6.07) is 5.38. The Bertz CT molecular complexity index is 397. The fraction of sp³-hybridized carbons (Fsp3) is 0.538. The van der Waals surface area contributed by atoms with Gasteiger partial charge < -0.3 is 10.1 Å². The molecule has 0 aliphatic carbocycles. The van der Waals surface area contributed by atoms with Crippen LogP contribution in [0.15, 0.2) is 18.2 Å². The number of rotatable bonds is 5. The van der Waals surface area contributed by atoms with Gasteiger partial charge in [-0.15, -0.1) is 0 Å². The van der Waals surface area contributed by atoms with Crippen LogP contribution in [0.3, 0.4) is 0 Å². The van der Waals surface area contributed by atoms with E-state index in [1.807, 2.05) is 12.1 Å². The summed E-state index contributed by atoms with van der Waals surface area (Å²) in [6.07, 6.45) is 3.47. The van der Waals surface area contributed by atoms with E-state index in [1.165, 1.54) is 0 Å². The summed E-state index contributed by atoms with van der Waals surface area (Å²) in [5, 5.41) is 4.60. The van der Waals surface area contributed by atoms with Crippen molar-refractivity contribution in [3.05, 3.63) is 28.2 Å². The Kier molecular flexibility index (Phi) is 5.49. The van der Waals surface area contributed by atoms with Crippen LogP contribution in [0.25, 0.3) is 0 Å². The van der Waals surface area contributed by atoms with Gasteiger partial charge in [0.05, 0.1) is 5.02 Å². The lowest BCUT2D eigenvalue weighted by Gasteiger charge is -2.24. The number of ether oxygens (including phenoxy) is 1. The summed E-state index contributed by atoms with van der Waals surface area (Å²) in [6.45, 7) is 2.10. The van der Waals surface area contributed by atoms with Gasteiger partial charge in [0.25, 0.3) is 0 Å². The molecule has 0 radical (unpaired) electrons. The summed E-state index contributed by atoms with van der Waals surface area (Å²) in [4.78, 5) is 0. The van der Waals surface area contributed by atoms with Gasteiger partial charge in [0, 0.05) is 23.2 Å². The van der Waals surface area contributed by atoms with E-state index in [9.17, 15) is 0 Å². The smallest absolute Gasteiger partial charge is 0.138 e. The molecule has 1 saturated heterocycles. The van der Waals surface area contributed by atoms with E-state index in [2.05, 4.69) is 11.6 Å². The number of thioether (sulfide) groups is 1. The maximum absolute atomic E-state index is 6.15. The van der Waals surface area contributed by atoms with Crippen LogP contribution in [0.2, 0.25) is 10.0 Å². The summed E-state index contributed by atoms with van der Waals surface area (Å²) in [7, 11) is 0. The second kappa shape index (κ2) is 6.90. The maximum atomic E-state index is 6.15. The van der Waals surface area contributed by atoms with Crippen LogP contribution >= 0.6 is 35.0 Å². The molecule has 0 spiro atoms. The van der Waals surface area contributed by atoms with Gasteiger partial charge in [-0.1, -0.05) is 23.2 Å². The zero-order valence-electron chi connectivity index (χ0n) is 10.3. The fourth-order valence-electron chi connectivity index (χ4n) is 2.16. The first-order chi connectivity index (χ1) is 8.70. The van der Waals surface area contributed by atoms with Crippen molar-refractivity contribution in [2.45, 2.75) is 12.5 Å². The minimum absolute atomic E-state index is 0.202. The third-order valence-corrected chi connectivity index (χ3v) is 4.32. The standard InChI is InChI=1S/C13H17Cl2NOS/c1-18-8-13(9-4-5-16-7-9)17-12-3-2-10(14)6-11(12)15/h2-3,6,9,13,16H,4-5,7-8H2,1H3/t9?,13-/m0/s1. The normalized spacial score (nSPS) is 20.9. The molecule has 1 aromatic rings. The van der Waals surface area contributed by atoms with Gasteiger partial charge >= 0.3 is 0 Å². The Hall–Kier alpha value is -0.0900. The van der Waals surface area contributed by atoms with Crippen molar-refractivity contribution in [2.75, 3.05) is 25.1 Å². The minimum Gasteiger partial charge on any atom is -0.488 e. The van der Waals surface area contributed by atoms with Crippen molar-refractivity contribution in [3.8, 4) is 5.75 Å². The first kappa shape index (κ1) is 14.3. The molecular formula is C13H17Cl2NOS. The molecule has 2 atom stereocenters. The second-order valence-electron chi connectivity index (χ2n) is 4.44. The number of benzene rings is 1. The number of hydrogen-bond donors (Lipinski definition) is 1. The molecule has 1 aromatic carbocycles. The largest absolute Gasteiger partial charge is 0.488 e. The molecule has 0 bridgehead atoms. The molecule has 1 aliphatic heterocycles. The molecule has 2 nitrogen and oxygen atoms in total. The van der Waals surface area contributed by atoms with Crippen LogP contribution in [0.4, 0.5) is 0 Å². The number of hydrogen-bond acceptors (Lipinski definition) is 3. The van der Waals surface area contributed by atoms with Crippen LogP contribution in [-0.4, -0.2) is 31.2 Å². The number of halogens is 2. The molecule has 0 aromatic heterocycles. The van der Waals surface area contributed by atoms with Crippen molar-refractivity contribution >= 4 is 35.0 Å². The van der Waals surface area contributed by atoms with Crippen LogP contribution in [0.5, 0.6) is 5.75 Å². The van der Waals surface area contributed by atoms with E-state index in [0.717, 1.165) is 31.0 Å². The zero-order chi connectivity index (χ0) is 13.0. The Balaban J connectivity index is 2.07. The Morgan fingerprint density at radius 2 is 2.33 bits per heavy atom. The first-order valence-electron chi connectivity index (χ1n) is 6.02. The van der Waals surface area contributed by atoms with E-state index < -0.39 is 0 Å². The molecule has 0 amide bonds. The average molecular weight is 306 g/mol. The van der Waals surface area contributed by atoms with E-state index in [4.69, 9.17) is 27.9 Å². The molecule has 5 heteroatoms. The van der Waals surface area contributed by atoms with Crippen molar-refractivity contribution in [1.82, 2.24) is 5.32 Å². The van der Waals surface area contributed by atoms with Gasteiger partial charge in [0.1, 0.15) is 11.9 Å². The zero-order valence-corrected chi connectivity index (χ0v) is 12.6. The third kappa shape index (κ3) is 3.70. The molecule has 1 fully saturated rings. The molecule has 1 heterocycles. The van der Waals surface area contributed by atoms with Crippen molar-refractivity contribution < 1.29 is 4.74 Å². The number of nitrogens with one attached hydrogen (secondary N) is 1. The molecule has 100 valence electrons. The fourth-order valence-corrected chi connectivity index (χ4v) is 3.28. The van der Waals surface area contributed by atoms with E-state index in [1.54, 1.807) is 17.8 Å². The van der Waals surface area contributed by atoms with E-state index in [-0.39, 0.29) is 6.10 Å². The summed E-state index contributed by atoms with van der Waals surface area (Å²) < 4.78 is 6.07. The van der Waals surface area contributed by atoms with Crippen molar-refractivity contribution in [1.29, 1.82) is 0 Å². The van der Waals surface area contributed by atoms with Gasteiger partial charge in [-0.05, 0) is 37.4 Å². The Morgan fingerprint density at radius 3 is 2.94 bits per heavy atom. The second-order valence-corrected chi connectivity index (χ2v) is 6.19. The molecular weight excluding hydrogens is 289 g/mol. The third-order valence-electron chi connectivity index (χ3n) is 3.13. The Morgan fingerprint density at radius 1 is 1.50 bits per heavy atom. The molecule has 1 unspecified atom stereocenters. The monoisotopic (exact) mass is 305 g/mol. The SMILES string of the molecule is CSC[C@H](Oc1ccc(Cl)cc1Cl)C1CCNC1. The quantitative estimate of drug-likeness (QED) is 0.896. The summed E-state index contributed by atoms with van der Waals surface area (Å²) in [5.41, 5.74) is 0. The topological polar surface area (TPSA) is 21.3 Å². The highest BCUT2D eigenvalue weighted by Crippen LogP contribution is 2.30. The van der Waals surface area contributed by atoms with E-state index >= 15 is 0 Å². The van der Waals surface area contributed by atoms with Gasteiger partial charge in [-0.3, -0.25) is 0 Å². The highest BCUT2D eigenvalue weighted by molar-refractivity contribution is 7.98.